The Bertz CT molecular complexity index is 779. The molecule has 9 nitrogen and oxygen atoms in total. The van der Waals surface area contributed by atoms with Crippen molar-refractivity contribution < 1.29 is 37.6 Å². The Kier molecular flexibility index (Phi) is 31.5. The molecule has 0 rings (SSSR count). The highest BCUT2D eigenvalue weighted by Crippen LogP contribution is 2.43. The van der Waals surface area contributed by atoms with Crippen molar-refractivity contribution in [2.75, 3.05) is 26.4 Å². The number of carbonyl (C=O) groups is 2. The minimum Gasteiger partial charge on any atom is -0.462 e. The molecule has 0 aromatic carbocycles. The molecule has 0 aromatic rings. The summed E-state index contributed by atoms with van der Waals surface area (Å²) in [4.78, 5) is 34.7. The van der Waals surface area contributed by atoms with E-state index in [1.54, 1.807) is 0 Å². The van der Waals surface area contributed by atoms with Gasteiger partial charge >= 0.3 is 19.8 Å². The van der Waals surface area contributed by atoms with Crippen molar-refractivity contribution in [3.63, 3.8) is 0 Å². The van der Waals surface area contributed by atoms with E-state index < -0.39 is 26.5 Å². The lowest BCUT2D eigenvalue weighted by Gasteiger charge is -2.19. The molecular weight excluding hydrogens is 617 g/mol. The zero-order valence-electron chi connectivity index (χ0n) is 30.9. The Labute approximate surface area is 288 Å². The maximum atomic E-state index is 12.5. The van der Waals surface area contributed by atoms with Crippen molar-refractivity contribution in [3.05, 3.63) is 0 Å². The van der Waals surface area contributed by atoms with Crippen LogP contribution < -0.4 is 5.73 Å². The molecule has 0 aliphatic carbocycles. The van der Waals surface area contributed by atoms with Gasteiger partial charge in [-0.2, -0.15) is 0 Å². The van der Waals surface area contributed by atoms with Crippen LogP contribution in [0.2, 0.25) is 0 Å². The van der Waals surface area contributed by atoms with Crippen LogP contribution >= 0.6 is 7.82 Å². The van der Waals surface area contributed by atoms with Crippen molar-refractivity contribution in [3.8, 4) is 0 Å². The van der Waals surface area contributed by atoms with Crippen LogP contribution in [0, 0.1) is 11.8 Å². The Morgan fingerprint density at radius 2 is 0.957 bits per heavy atom. The molecule has 0 bridgehead atoms. The molecule has 0 aliphatic heterocycles. The normalized spacial score (nSPS) is 13.6. The monoisotopic (exact) mass is 692 g/mol. The highest BCUT2D eigenvalue weighted by molar-refractivity contribution is 7.47. The van der Waals surface area contributed by atoms with E-state index in [1.807, 2.05) is 0 Å². The molecule has 2 atom stereocenters. The summed E-state index contributed by atoms with van der Waals surface area (Å²) in [5.74, 6) is 0.777. The minimum atomic E-state index is -4.36. The summed E-state index contributed by atoms with van der Waals surface area (Å²) in [6, 6.07) is 0. The Morgan fingerprint density at radius 3 is 1.36 bits per heavy atom. The summed E-state index contributed by atoms with van der Waals surface area (Å²) >= 11 is 0. The number of hydrogen-bond acceptors (Lipinski definition) is 8. The molecule has 0 aliphatic rings. The van der Waals surface area contributed by atoms with Gasteiger partial charge in [0.15, 0.2) is 6.10 Å². The van der Waals surface area contributed by atoms with E-state index in [4.69, 9.17) is 24.3 Å². The first-order chi connectivity index (χ1) is 22.6. The smallest absolute Gasteiger partial charge is 0.462 e. The van der Waals surface area contributed by atoms with Gasteiger partial charge in [0.2, 0.25) is 0 Å². The van der Waals surface area contributed by atoms with E-state index in [9.17, 15) is 19.0 Å². The Morgan fingerprint density at radius 1 is 0.574 bits per heavy atom. The second-order valence-corrected chi connectivity index (χ2v) is 15.6. The highest BCUT2D eigenvalue weighted by atomic mass is 31.2. The quantitative estimate of drug-likeness (QED) is 0.0378. The maximum absolute atomic E-state index is 12.5. The summed E-state index contributed by atoms with van der Waals surface area (Å²) in [6.45, 7) is 8.36. The van der Waals surface area contributed by atoms with Gasteiger partial charge < -0.3 is 20.1 Å². The number of esters is 2. The second kappa shape index (κ2) is 32.2. The molecule has 0 fully saturated rings. The first kappa shape index (κ1) is 46.0. The number of rotatable bonds is 35. The van der Waals surface area contributed by atoms with Gasteiger partial charge in [-0.05, 0) is 24.7 Å². The molecule has 3 N–H and O–H groups in total. The predicted molar refractivity (Wildman–Crippen MR) is 192 cm³/mol. The molecule has 2 unspecified atom stereocenters. The fourth-order valence-corrected chi connectivity index (χ4v) is 6.24. The third kappa shape index (κ3) is 34.7. The summed E-state index contributed by atoms with van der Waals surface area (Å²) in [5.41, 5.74) is 5.33. The van der Waals surface area contributed by atoms with E-state index in [0.29, 0.717) is 6.42 Å². The van der Waals surface area contributed by atoms with Crippen LogP contribution in [0.1, 0.15) is 182 Å². The number of phosphoric acid groups is 1. The third-order valence-electron chi connectivity index (χ3n) is 8.35. The lowest BCUT2D eigenvalue weighted by atomic mass is 10.0. The molecule has 0 aromatic heterocycles. The van der Waals surface area contributed by atoms with Crippen molar-refractivity contribution >= 4 is 19.8 Å². The number of phosphoric ester groups is 1. The number of nitrogens with two attached hydrogens (primary N) is 1. The Hall–Kier alpha value is -0.990. The number of carbonyl (C=O) groups excluding carboxylic acids is 2. The van der Waals surface area contributed by atoms with Gasteiger partial charge in [-0.25, -0.2) is 4.57 Å². The predicted octanol–water partition coefficient (Wildman–Crippen LogP) is 10.2. The number of ether oxygens (including phenoxy) is 2. The minimum absolute atomic E-state index is 0.0565. The number of unbranched alkanes of at least 4 members (excludes halogenated alkanes) is 18. The average Bonchev–Trinajstić information content (AvgIpc) is 3.02. The summed E-state index contributed by atoms with van der Waals surface area (Å²) in [6.07, 6.45) is 25.7. The lowest BCUT2D eigenvalue weighted by Crippen LogP contribution is -2.29. The molecule has 0 saturated carbocycles. The van der Waals surface area contributed by atoms with Gasteiger partial charge in [-0.3, -0.25) is 18.6 Å². The van der Waals surface area contributed by atoms with Gasteiger partial charge in [0.1, 0.15) is 6.61 Å². The third-order valence-corrected chi connectivity index (χ3v) is 9.33. The fraction of sp³-hybridized carbons (Fsp3) is 0.946. The van der Waals surface area contributed by atoms with E-state index in [0.717, 1.165) is 43.9 Å². The molecule has 0 spiro atoms. The SMILES string of the molecule is CC(C)CCCCCCCCCCCCCC(=O)OC(COC(=O)CCCCCCCCCCCC(C)C)COP(=O)(O)OCCN. The zero-order chi connectivity index (χ0) is 35.0. The van der Waals surface area contributed by atoms with Gasteiger partial charge in [0.25, 0.3) is 0 Å². The highest BCUT2D eigenvalue weighted by Gasteiger charge is 2.26. The van der Waals surface area contributed by atoms with Crippen LogP contribution in [0.3, 0.4) is 0 Å². The van der Waals surface area contributed by atoms with Crippen LogP contribution in [-0.4, -0.2) is 49.3 Å². The van der Waals surface area contributed by atoms with Crippen molar-refractivity contribution in [1.29, 1.82) is 0 Å². The van der Waals surface area contributed by atoms with Crippen molar-refractivity contribution in [2.45, 2.75) is 188 Å². The van der Waals surface area contributed by atoms with Crippen molar-refractivity contribution in [2.24, 2.45) is 17.6 Å². The van der Waals surface area contributed by atoms with Gasteiger partial charge in [0, 0.05) is 19.4 Å². The van der Waals surface area contributed by atoms with Gasteiger partial charge in [-0.15, -0.1) is 0 Å². The summed E-state index contributed by atoms with van der Waals surface area (Å²) in [5, 5.41) is 0. The molecular formula is C37H74NO8P. The molecule has 0 amide bonds. The van der Waals surface area contributed by atoms with E-state index in [2.05, 4.69) is 27.7 Å². The summed E-state index contributed by atoms with van der Waals surface area (Å²) < 4.78 is 32.6. The van der Waals surface area contributed by atoms with Crippen LogP contribution in [-0.2, 0) is 32.7 Å². The molecule has 0 radical (unpaired) electrons. The first-order valence-electron chi connectivity index (χ1n) is 19.2. The maximum Gasteiger partial charge on any atom is 0.472 e. The van der Waals surface area contributed by atoms with Crippen LogP contribution in [0.25, 0.3) is 0 Å². The standard InChI is InChI=1S/C37H74NO8P/c1-33(2)25-21-17-13-9-6-5-7-11-16-20-24-28-37(40)46-35(32-45-47(41,42)44-30-29-38)31-43-36(39)27-23-19-15-12-8-10-14-18-22-26-34(3)4/h33-35H,5-32,38H2,1-4H3,(H,41,42). The second-order valence-electron chi connectivity index (χ2n) is 14.1. The molecule has 47 heavy (non-hydrogen) atoms. The average molecular weight is 692 g/mol. The Balaban J connectivity index is 4.20. The molecule has 280 valence electrons. The summed E-state index contributed by atoms with van der Waals surface area (Å²) in [7, 11) is -4.36. The van der Waals surface area contributed by atoms with Gasteiger partial charge in [0.05, 0.1) is 13.2 Å². The lowest BCUT2D eigenvalue weighted by molar-refractivity contribution is -0.161. The van der Waals surface area contributed by atoms with Gasteiger partial charge in [-0.1, -0.05) is 156 Å². The van der Waals surface area contributed by atoms with E-state index in [1.165, 1.54) is 103 Å². The number of hydrogen-bond donors (Lipinski definition) is 2. The molecule has 0 saturated heterocycles. The topological polar surface area (TPSA) is 134 Å². The molecule has 0 heterocycles. The zero-order valence-corrected chi connectivity index (χ0v) is 31.8. The van der Waals surface area contributed by atoms with Crippen LogP contribution in [0.15, 0.2) is 0 Å². The van der Waals surface area contributed by atoms with E-state index in [-0.39, 0.29) is 38.6 Å². The van der Waals surface area contributed by atoms with Crippen molar-refractivity contribution in [1.82, 2.24) is 0 Å². The molecule has 10 heteroatoms. The first-order valence-corrected chi connectivity index (χ1v) is 20.7. The van der Waals surface area contributed by atoms with E-state index >= 15 is 0 Å². The van der Waals surface area contributed by atoms with Crippen LogP contribution in [0.5, 0.6) is 0 Å². The fourth-order valence-electron chi connectivity index (χ4n) is 5.47. The largest absolute Gasteiger partial charge is 0.472 e. The van der Waals surface area contributed by atoms with Crippen LogP contribution in [0.4, 0.5) is 0 Å².